The molecule has 0 amide bonds. The van der Waals surface area contributed by atoms with E-state index < -0.39 is 5.60 Å². The lowest BCUT2D eigenvalue weighted by Crippen LogP contribution is -2.52. The number of ether oxygens (including phenoxy) is 1. The fourth-order valence-electron chi connectivity index (χ4n) is 5.34. The summed E-state index contributed by atoms with van der Waals surface area (Å²) < 4.78 is 5.55. The van der Waals surface area contributed by atoms with E-state index in [1.54, 1.807) is 7.11 Å². The summed E-state index contributed by atoms with van der Waals surface area (Å²) in [6, 6.07) is 16.9. The number of hydrogen-bond acceptors (Lipinski definition) is 4. The van der Waals surface area contributed by atoms with E-state index in [4.69, 9.17) is 4.74 Å². The van der Waals surface area contributed by atoms with Crippen LogP contribution in [0.15, 0.2) is 48.5 Å². The number of aryl methyl sites for hydroxylation is 1. The van der Waals surface area contributed by atoms with Gasteiger partial charge in [-0.25, -0.2) is 0 Å². The van der Waals surface area contributed by atoms with Crippen LogP contribution in [-0.4, -0.2) is 55.4 Å². The highest BCUT2D eigenvalue weighted by atomic mass is 16.5. The molecule has 1 saturated heterocycles. The van der Waals surface area contributed by atoms with Crippen molar-refractivity contribution in [2.75, 3.05) is 44.7 Å². The van der Waals surface area contributed by atoms with Crippen LogP contribution in [0.25, 0.3) is 0 Å². The zero-order valence-corrected chi connectivity index (χ0v) is 18.5. The first-order valence-corrected chi connectivity index (χ1v) is 11.5. The van der Waals surface area contributed by atoms with E-state index in [-0.39, 0.29) is 0 Å². The van der Waals surface area contributed by atoms with Gasteiger partial charge in [0.2, 0.25) is 0 Å². The molecular formula is C26H36N2O2. The molecule has 1 saturated carbocycles. The number of aliphatic hydroxyl groups is 1. The third-order valence-electron chi connectivity index (χ3n) is 7.04. The second kappa shape index (κ2) is 9.40. The molecule has 1 N–H and O–H groups in total. The van der Waals surface area contributed by atoms with Gasteiger partial charge >= 0.3 is 0 Å². The molecule has 4 rings (SSSR count). The van der Waals surface area contributed by atoms with Crippen molar-refractivity contribution >= 4 is 5.69 Å². The topological polar surface area (TPSA) is 35.9 Å². The Balaban J connectivity index is 1.38. The van der Waals surface area contributed by atoms with Gasteiger partial charge < -0.3 is 14.7 Å². The van der Waals surface area contributed by atoms with Gasteiger partial charge in [0.1, 0.15) is 5.75 Å². The molecule has 2 unspecified atom stereocenters. The third-order valence-corrected chi connectivity index (χ3v) is 7.04. The average Bonchev–Trinajstić information content (AvgIpc) is 2.76. The van der Waals surface area contributed by atoms with Crippen LogP contribution in [0.5, 0.6) is 5.75 Å². The lowest BCUT2D eigenvalue weighted by Gasteiger charge is -2.44. The molecular weight excluding hydrogens is 372 g/mol. The van der Waals surface area contributed by atoms with Gasteiger partial charge in [-0.1, -0.05) is 54.8 Å². The number of piperazine rings is 1. The van der Waals surface area contributed by atoms with Gasteiger partial charge in [0.15, 0.2) is 0 Å². The van der Waals surface area contributed by atoms with Crippen LogP contribution in [0.1, 0.15) is 36.8 Å². The first-order valence-electron chi connectivity index (χ1n) is 11.5. The standard InChI is InChI=1S/C26H36N2O2/c1-21-8-7-9-22(18-21)19-26(29)13-6-5-10-23(26)20-27-14-16-28(17-15-27)24-11-3-4-12-25(24)30-2/h3-4,7-9,11-12,18,23,29H,5-6,10,13-17,19-20H2,1-2H3. The van der Waals surface area contributed by atoms with Gasteiger partial charge in [-0.2, -0.15) is 0 Å². The van der Waals surface area contributed by atoms with Gasteiger partial charge in [-0.3, -0.25) is 4.90 Å². The van der Waals surface area contributed by atoms with Crippen LogP contribution in [0.4, 0.5) is 5.69 Å². The minimum Gasteiger partial charge on any atom is -0.495 e. The van der Waals surface area contributed by atoms with Crippen LogP contribution in [0.3, 0.4) is 0 Å². The smallest absolute Gasteiger partial charge is 0.142 e. The molecule has 2 fully saturated rings. The van der Waals surface area contributed by atoms with Crippen molar-refractivity contribution in [3.05, 3.63) is 59.7 Å². The number of hydrogen-bond donors (Lipinski definition) is 1. The lowest BCUT2D eigenvalue weighted by molar-refractivity contribution is -0.0595. The number of methoxy groups -OCH3 is 1. The monoisotopic (exact) mass is 408 g/mol. The molecule has 2 aromatic carbocycles. The molecule has 1 aliphatic carbocycles. The molecule has 4 nitrogen and oxygen atoms in total. The molecule has 0 spiro atoms. The SMILES string of the molecule is COc1ccccc1N1CCN(CC2CCCCC2(O)Cc2cccc(C)c2)CC1. The maximum atomic E-state index is 11.7. The molecule has 4 heteroatoms. The summed E-state index contributed by atoms with van der Waals surface area (Å²) >= 11 is 0. The molecule has 162 valence electrons. The molecule has 2 aromatic rings. The largest absolute Gasteiger partial charge is 0.495 e. The molecule has 0 radical (unpaired) electrons. The molecule has 2 aliphatic rings. The van der Waals surface area contributed by atoms with Gasteiger partial charge in [-0.15, -0.1) is 0 Å². The summed E-state index contributed by atoms with van der Waals surface area (Å²) in [5.74, 6) is 1.30. The number of para-hydroxylation sites is 2. The van der Waals surface area contributed by atoms with E-state index in [0.29, 0.717) is 5.92 Å². The average molecular weight is 409 g/mol. The Hall–Kier alpha value is -2.04. The zero-order chi connectivity index (χ0) is 21.0. The van der Waals surface area contributed by atoms with Crippen molar-refractivity contribution in [2.24, 2.45) is 5.92 Å². The summed E-state index contributed by atoms with van der Waals surface area (Å²) in [7, 11) is 1.74. The lowest BCUT2D eigenvalue weighted by atomic mass is 9.72. The van der Waals surface area contributed by atoms with E-state index in [1.165, 1.54) is 23.2 Å². The first-order chi connectivity index (χ1) is 14.6. The molecule has 0 aromatic heterocycles. The maximum absolute atomic E-state index is 11.7. The first kappa shape index (κ1) is 21.2. The van der Waals surface area contributed by atoms with Crippen molar-refractivity contribution in [2.45, 2.75) is 44.6 Å². The van der Waals surface area contributed by atoms with E-state index in [2.05, 4.69) is 53.1 Å². The van der Waals surface area contributed by atoms with Gasteiger partial charge in [0, 0.05) is 45.1 Å². The van der Waals surface area contributed by atoms with Crippen LogP contribution < -0.4 is 9.64 Å². The Bertz CT molecular complexity index is 831. The summed E-state index contributed by atoms with van der Waals surface area (Å²) in [5.41, 5.74) is 3.15. The van der Waals surface area contributed by atoms with Gasteiger partial charge in [0.05, 0.1) is 18.4 Å². The maximum Gasteiger partial charge on any atom is 0.142 e. The second-order valence-electron chi connectivity index (χ2n) is 9.17. The molecule has 1 aliphatic heterocycles. The van der Waals surface area contributed by atoms with Crippen molar-refractivity contribution in [3.8, 4) is 5.75 Å². The molecule has 2 atom stereocenters. The third kappa shape index (κ3) is 4.81. The highest BCUT2D eigenvalue weighted by Crippen LogP contribution is 2.37. The summed E-state index contributed by atoms with van der Waals surface area (Å²) in [6.45, 7) is 7.21. The van der Waals surface area contributed by atoms with E-state index >= 15 is 0 Å². The number of rotatable bonds is 6. The summed E-state index contributed by atoms with van der Waals surface area (Å²) in [4.78, 5) is 4.98. The normalized spacial score (nSPS) is 25.3. The Kier molecular flexibility index (Phi) is 6.64. The van der Waals surface area contributed by atoms with E-state index in [1.807, 2.05) is 12.1 Å². The Labute approximate surface area is 181 Å². The van der Waals surface area contributed by atoms with Crippen LogP contribution >= 0.6 is 0 Å². The van der Waals surface area contributed by atoms with E-state index in [0.717, 1.165) is 64.2 Å². The molecule has 30 heavy (non-hydrogen) atoms. The minimum absolute atomic E-state index is 0.351. The van der Waals surface area contributed by atoms with Crippen molar-refractivity contribution < 1.29 is 9.84 Å². The predicted octanol–water partition coefficient (Wildman–Crippen LogP) is 4.29. The number of nitrogens with zero attached hydrogens (tertiary/aromatic N) is 2. The summed E-state index contributed by atoms with van der Waals surface area (Å²) in [5, 5.41) is 11.7. The summed E-state index contributed by atoms with van der Waals surface area (Å²) in [6.07, 6.45) is 5.21. The van der Waals surface area contributed by atoms with Crippen LogP contribution in [0, 0.1) is 12.8 Å². The van der Waals surface area contributed by atoms with Gasteiger partial charge in [0.25, 0.3) is 0 Å². The highest BCUT2D eigenvalue weighted by molar-refractivity contribution is 5.58. The van der Waals surface area contributed by atoms with Crippen molar-refractivity contribution in [3.63, 3.8) is 0 Å². The van der Waals surface area contributed by atoms with Gasteiger partial charge in [-0.05, 0) is 37.5 Å². The van der Waals surface area contributed by atoms with Crippen LogP contribution in [0.2, 0.25) is 0 Å². The Morgan fingerprint density at radius 1 is 1.03 bits per heavy atom. The quantitative estimate of drug-likeness (QED) is 0.774. The Morgan fingerprint density at radius 2 is 1.83 bits per heavy atom. The second-order valence-corrected chi connectivity index (χ2v) is 9.17. The number of anilines is 1. The minimum atomic E-state index is -0.578. The molecule has 1 heterocycles. The van der Waals surface area contributed by atoms with E-state index in [9.17, 15) is 5.11 Å². The fourth-order valence-corrected chi connectivity index (χ4v) is 5.34. The highest BCUT2D eigenvalue weighted by Gasteiger charge is 2.40. The fraction of sp³-hybridized carbons (Fsp3) is 0.538. The van der Waals surface area contributed by atoms with Crippen LogP contribution in [-0.2, 0) is 6.42 Å². The molecule has 0 bridgehead atoms. The number of benzene rings is 2. The predicted molar refractivity (Wildman–Crippen MR) is 123 cm³/mol. The van der Waals surface area contributed by atoms with Crippen molar-refractivity contribution in [1.82, 2.24) is 4.90 Å². The zero-order valence-electron chi connectivity index (χ0n) is 18.5. The Morgan fingerprint density at radius 3 is 2.60 bits per heavy atom. The van der Waals surface area contributed by atoms with Crippen molar-refractivity contribution in [1.29, 1.82) is 0 Å².